The molecule has 1 rings (SSSR count). The van der Waals surface area contributed by atoms with Gasteiger partial charge < -0.3 is 30.3 Å². The van der Waals surface area contributed by atoms with Crippen LogP contribution in [0, 0.1) is 0 Å². The van der Waals surface area contributed by atoms with Gasteiger partial charge in [-0.25, -0.2) is 0 Å². The van der Waals surface area contributed by atoms with Crippen LogP contribution in [0.5, 0.6) is 0 Å². The van der Waals surface area contributed by atoms with Crippen LogP contribution in [0.1, 0.15) is 6.92 Å². The molecule has 98 valence electrons. The highest BCUT2D eigenvalue weighted by Crippen LogP contribution is 2.30. The van der Waals surface area contributed by atoms with E-state index in [0.717, 1.165) is 13.0 Å². The molecule has 1 aliphatic rings. The first-order chi connectivity index (χ1) is 7.73. The Bertz CT molecular complexity index is 314. The van der Waals surface area contributed by atoms with E-state index in [0.29, 0.717) is 0 Å². The maximum atomic E-state index is 11.2. The molecule has 5 N–H and O–H groups in total. The van der Waals surface area contributed by atoms with Gasteiger partial charge in [0.1, 0.15) is 30.0 Å². The van der Waals surface area contributed by atoms with E-state index in [1.54, 1.807) is 0 Å². The highest BCUT2D eigenvalue weighted by molar-refractivity contribution is 5.93. The van der Waals surface area contributed by atoms with E-state index in [1.807, 2.05) is 0 Å². The molecule has 0 radical (unpaired) electrons. The molecular weight excluding hydrogens is 232 g/mol. The molecule has 1 heterocycles. The molecule has 0 spiro atoms. The van der Waals surface area contributed by atoms with E-state index in [4.69, 9.17) is 4.74 Å². The lowest BCUT2D eigenvalue weighted by Crippen LogP contribution is -2.67. The monoisotopic (exact) mass is 248 g/mol. The largest absolute Gasteiger partial charge is 0.387 e. The molecule has 1 aliphatic heterocycles. The van der Waals surface area contributed by atoms with Crippen molar-refractivity contribution in [1.82, 2.24) is 0 Å². The Kier molecular flexibility index (Phi) is 4.03. The molecule has 2 unspecified atom stereocenters. The fraction of sp³-hybridized carbons (Fsp3) is 0.700. The van der Waals surface area contributed by atoms with E-state index >= 15 is 0 Å². The minimum Gasteiger partial charge on any atom is -0.387 e. The van der Waals surface area contributed by atoms with Crippen molar-refractivity contribution in [2.45, 2.75) is 43.2 Å². The summed E-state index contributed by atoms with van der Waals surface area (Å²) in [6.07, 6.45) is -7.80. The normalized spacial score (nSPS) is 44.1. The van der Waals surface area contributed by atoms with Crippen LogP contribution in [0.15, 0.2) is 12.7 Å². The Morgan fingerprint density at radius 2 is 1.94 bits per heavy atom. The lowest BCUT2D eigenvalue weighted by atomic mass is 9.83. The number of carbonyl (C=O) groups is 1. The molecule has 1 saturated heterocycles. The zero-order valence-corrected chi connectivity index (χ0v) is 9.22. The minimum absolute atomic E-state index is 0.826. The van der Waals surface area contributed by atoms with Crippen LogP contribution in [-0.2, 0) is 9.53 Å². The Hall–Kier alpha value is -0.830. The van der Waals surface area contributed by atoms with Crippen molar-refractivity contribution < 1.29 is 35.1 Å². The summed E-state index contributed by atoms with van der Waals surface area (Å²) in [6.45, 7) is 4.21. The zero-order valence-electron chi connectivity index (χ0n) is 9.22. The molecule has 0 saturated carbocycles. The van der Waals surface area contributed by atoms with Gasteiger partial charge in [-0.1, -0.05) is 6.58 Å². The first kappa shape index (κ1) is 14.2. The predicted molar refractivity (Wildman–Crippen MR) is 54.7 cm³/mol. The summed E-state index contributed by atoms with van der Waals surface area (Å²) in [5.41, 5.74) is -2.11. The van der Waals surface area contributed by atoms with Gasteiger partial charge in [0.15, 0.2) is 12.1 Å². The number of rotatable bonds is 3. The number of carbonyl (C=O) groups excluding carboxylic acids is 1. The van der Waals surface area contributed by atoms with E-state index in [9.17, 15) is 30.3 Å². The van der Waals surface area contributed by atoms with Gasteiger partial charge in [0.25, 0.3) is 0 Å². The van der Waals surface area contributed by atoms with Crippen molar-refractivity contribution >= 4 is 5.78 Å². The Morgan fingerprint density at radius 1 is 1.41 bits per heavy atom. The van der Waals surface area contributed by atoms with E-state index in [1.165, 1.54) is 0 Å². The van der Waals surface area contributed by atoms with Crippen LogP contribution in [0.3, 0.4) is 0 Å². The summed E-state index contributed by atoms with van der Waals surface area (Å²) in [4.78, 5) is 11.2. The van der Waals surface area contributed by atoms with Crippen molar-refractivity contribution in [3.05, 3.63) is 12.7 Å². The standard InChI is InChI=1S/C10H16O7/c1-3-4(11)5(12)6-7(13)10(2,16)8(14)9(15)17-6/h3,5-9,12-16H,1H2,2H3/t5?,6-,7+,8+,9?,10+/m1/s1. The number of hydrogen-bond acceptors (Lipinski definition) is 7. The molecule has 6 atom stereocenters. The summed E-state index contributed by atoms with van der Waals surface area (Å²) in [6, 6.07) is 0. The fourth-order valence-electron chi connectivity index (χ4n) is 1.64. The van der Waals surface area contributed by atoms with Gasteiger partial charge in [-0.15, -0.1) is 0 Å². The first-order valence-corrected chi connectivity index (χ1v) is 4.99. The molecule has 0 aromatic heterocycles. The molecule has 0 bridgehead atoms. The van der Waals surface area contributed by atoms with E-state index in [2.05, 4.69) is 6.58 Å². The first-order valence-electron chi connectivity index (χ1n) is 4.99. The second kappa shape index (κ2) is 4.81. The maximum absolute atomic E-state index is 11.2. The van der Waals surface area contributed by atoms with Crippen molar-refractivity contribution in [3.8, 4) is 0 Å². The van der Waals surface area contributed by atoms with Gasteiger partial charge >= 0.3 is 0 Å². The van der Waals surface area contributed by atoms with Crippen molar-refractivity contribution in [2.75, 3.05) is 0 Å². The summed E-state index contributed by atoms with van der Waals surface area (Å²) >= 11 is 0. The van der Waals surface area contributed by atoms with Gasteiger partial charge in [-0.2, -0.15) is 0 Å². The molecule has 1 fully saturated rings. The highest BCUT2D eigenvalue weighted by atomic mass is 16.6. The number of ether oxygens (including phenoxy) is 1. The summed E-state index contributed by atoms with van der Waals surface area (Å²) in [5.74, 6) is -0.826. The molecular formula is C10H16O7. The zero-order chi connectivity index (χ0) is 13.4. The molecule has 17 heavy (non-hydrogen) atoms. The molecule has 0 aromatic rings. The van der Waals surface area contributed by atoms with Crippen molar-refractivity contribution in [3.63, 3.8) is 0 Å². The van der Waals surface area contributed by atoms with Crippen LogP contribution < -0.4 is 0 Å². The van der Waals surface area contributed by atoms with Gasteiger partial charge in [-0.3, -0.25) is 4.79 Å². The lowest BCUT2D eigenvalue weighted by molar-refractivity contribution is -0.322. The fourth-order valence-corrected chi connectivity index (χ4v) is 1.64. The van der Waals surface area contributed by atoms with Crippen LogP contribution >= 0.6 is 0 Å². The third kappa shape index (κ3) is 2.39. The van der Waals surface area contributed by atoms with E-state index < -0.39 is 42.1 Å². The summed E-state index contributed by atoms with van der Waals surface area (Å²) in [5, 5.41) is 47.7. The van der Waals surface area contributed by atoms with Crippen LogP contribution in [0.4, 0.5) is 0 Å². The van der Waals surface area contributed by atoms with Gasteiger partial charge in [0, 0.05) is 0 Å². The van der Waals surface area contributed by atoms with Crippen LogP contribution in [0.2, 0.25) is 0 Å². The Labute approximate surface area is 97.6 Å². The second-order valence-corrected chi connectivity index (χ2v) is 4.16. The summed E-state index contributed by atoms with van der Waals surface area (Å²) < 4.78 is 4.71. The number of hydrogen-bond donors (Lipinski definition) is 5. The second-order valence-electron chi connectivity index (χ2n) is 4.16. The Morgan fingerprint density at radius 3 is 2.41 bits per heavy atom. The van der Waals surface area contributed by atoms with Gasteiger partial charge in [-0.05, 0) is 13.0 Å². The third-order valence-corrected chi connectivity index (χ3v) is 2.88. The highest BCUT2D eigenvalue weighted by Gasteiger charge is 2.54. The lowest BCUT2D eigenvalue weighted by Gasteiger charge is -2.45. The molecule has 0 amide bonds. The number of ketones is 1. The average molecular weight is 248 g/mol. The molecule has 0 aromatic carbocycles. The average Bonchev–Trinajstić information content (AvgIpc) is 2.30. The molecule has 7 heteroatoms. The summed E-state index contributed by atoms with van der Waals surface area (Å²) in [7, 11) is 0. The SMILES string of the molecule is C=CC(=O)C(O)[C@H]1OC(O)[C@H](O)[C@@](C)(O)[C@H]1O. The minimum atomic E-state index is -2.11. The number of aliphatic hydroxyl groups excluding tert-OH is 4. The quantitative estimate of drug-likeness (QED) is 0.344. The topological polar surface area (TPSA) is 127 Å². The van der Waals surface area contributed by atoms with Crippen molar-refractivity contribution in [2.24, 2.45) is 0 Å². The van der Waals surface area contributed by atoms with Crippen LogP contribution in [-0.4, -0.2) is 67.6 Å². The number of aliphatic hydroxyl groups is 5. The van der Waals surface area contributed by atoms with E-state index in [-0.39, 0.29) is 0 Å². The molecule has 7 nitrogen and oxygen atoms in total. The smallest absolute Gasteiger partial charge is 0.186 e. The van der Waals surface area contributed by atoms with Gasteiger partial charge in [0.2, 0.25) is 0 Å². The van der Waals surface area contributed by atoms with Gasteiger partial charge in [0.05, 0.1) is 0 Å². The van der Waals surface area contributed by atoms with Crippen LogP contribution in [0.25, 0.3) is 0 Å². The maximum Gasteiger partial charge on any atom is 0.186 e. The predicted octanol–water partition coefficient (Wildman–Crippen LogP) is -2.71. The van der Waals surface area contributed by atoms with Crippen molar-refractivity contribution in [1.29, 1.82) is 0 Å². The molecule has 0 aliphatic carbocycles. The Balaban J connectivity index is 2.95. The third-order valence-electron chi connectivity index (χ3n) is 2.88.